The summed E-state index contributed by atoms with van der Waals surface area (Å²) in [6.45, 7) is 5.29. The van der Waals surface area contributed by atoms with Crippen molar-refractivity contribution < 1.29 is 14.3 Å². The van der Waals surface area contributed by atoms with Crippen LogP contribution in [-0.2, 0) is 4.79 Å². The second kappa shape index (κ2) is 11.4. The zero-order valence-electron chi connectivity index (χ0n) is 21.4. The highest BCUT2D eigenvalue weighted by Gasteiger charge is 2.41. The van der Waals surface area contributed by atoms with Gasteiger partial charge in [0.2, 0.25) is 0 Å². The molecular weight excluding hydrogens is 450 g/mol. The number of urea groups is 1. The molecule has 6 nitrogen and oxygen atoms in total. The lowest BCUT2D eigenvalue weighted by atomic mass is 9.79. The Balaban J connectivity index is 1.03. The molecule has 3 aliphatic rings. The van der Waals surface area contributed by atoms with Gasteiger partial charge in [0, 0.05) is 38.1 Å². The van der Waals surface area contributed by atoms with E-state index in [1.807, 2.05) is 53.1 Å². The Morgan fingerprint density at radius 2 is 1.42 bits per heavy atom. The van der Waals surface area contributed by atoms with E-state index < -0.39 is 6.10 Å². The van der Waals surface area contributed by atoms with Crippen molar-refractivity contribution in [3.8, 4) is 5.75 Å². The van der Waals surface area contributed by atoms with Crippen LogP contribution in [0.15, 0.2) is 60.7 Å². The van der Waals surface area contributed by atoms with E-state index in [9.17, 15) is 9.59 Å². The number of likely N-dealkylation sites (tertiary alicyclic amines) is 2. The number of para-hydroxylation sites is 1. The Morgan fingerprint density at radius 1 is 0.861 bits per heavy atom. The van der Waals surface area contributed by atoms with E-state index in [2.05, 4.69) is 29.6 Å². The molecular formula is C30H39N3O3. The molecule has 2 aromatic carbocycles. The molecule has 5 rings (SSSR count). The Morgan fingerprint density at radius 3 is 2.00 bits per heavy atom. The standard InChI is InChI=1S/C30H39N3O3/c1-2-28(36-25-11-7-4-8-12-25)29(34)32-17-13-22(14-18-32)23-15-19-33(20-16-23)30(35)31-27-21-26(27)24-9-5-3-6-10-24/h3-12,22-23,26-28H,2,13-21H2,1H3,(H,31,35). The first kappa shape index (κ1) is 24.7. The number of nitrogens with one attached hydrogen (secondary N) is 1. The highest BCUT2D eigenvalue weighted by molar-refractivity contribution is 5.81. The molecule has 0 spiro atoms. The van der Waals surface area contributed by atoms with Gasteiger partial charge in [0.15, 0.2) is 6.10 Å². The van der Waals surface area contributed by atoms with Crippen molar-refractivity contribution in [2.45, 2.75) is 63.5 Å². The number of piperidine rings is 2. The van der Waals surface area contributed by atoms with Crippen LogP contribution in [0.1, 0.15) is 56.9 Å². The van der Waals surface area contributed by atoms with Crippen molar-refractivity contribution in [3.63, 3.8) is 0 Å². The maximum atomic E-state index is 13.1. The van der Waals surface area contributed by atoms with Crippen LogP contribution in [0, 0.1) is 11.8 Å². The Hall–Kier alpha value is -3.02. The molecule has 36 heavy (non-hydrogen) atoms. The van der Waals surface area contributed by atoms with Crippen LogP contribution >= 0.6 is 0 Å². The van der Waals surface area contributed by atoms with Gasteiger partial charge in [0.1, 0.15) is 5.75 Å². The fourth-order valence-electron chi connectivity index (χ4n) is 6.01. The summed E-state index contributed by atoms with van der Waals surface area (Å²) in [7, 11) is 0. The van der Waals surface area contributed by atoms with Crippen molar-refractivity contribution in [1.82, 2.24) is 15.1 Å². The number of ether oxygens (including phenoxy) is 1. The van der Waals surface area contributed by atoms with Crippen LogP contribution in [0.5, 0.6) is 5.75 Å². The van der Waals surface area contributed by atoms with E-state index >= 15 is 0 Å². The van der Waals surface area contributed by atoms with Gasteiger partial charge in [-0.15, -0.1) is 0 Å². The summed E-state index contributed by atoms with van der Waals surface area (Å²) in [4.78, 5) is 29.9. The lowest BCUT2D eigenvalue weighted by Gasteiger charge is -2.40. The fraction of sp³-hybridized carbons (Fsp3) is 0.533. The zero-order valence-corrected chi connectivity index (χ0v) is 21.4. The summed E-state index contributed by atoms with van der Waals surface area (Å²) in [5, 5.41) is 3.25. The van der Waals surface area contributed by atoms with Gasteiger partial charge in [-0.2, -0.15) is 0 Å². The van der Waals surface area contributed by atoms with Gasteiger partial charge in [-0.1, -0.05) is 55.5 Å². The van der Waals surface area contributed by atoms with Crippen LogP contribution < -0.4 is 10.1 Å². The highest BCUT2D eigenvalue weighted by atomic mass is 16.5. The van der Waals surface area contributed by atoms with E-state index in [1.54, 1.807) is 0 Å². The molecule has 2 saturated heterocycles. The van der Waals surface area contributed by atoms with Gasteiger partial charge in [-0.05, 0) is 68.1 Å². The molecule has 192 valence electrons. The fourth-order valence-corrected chi connectivity index (χ4v) is 6.01. The van der Waals surface area contributed by atoms with Crippen LogP contribution in [0.3, 0.4) is 0 Å². The van der Waals surface area contributed by atoms with Crippen LogP contribution in [-0.4, -0.2) is 60.1 Å². The summed E-state index contributed by atoms with van der Waals surface area (Å²) in [6, 6.07) is 20.5. The zero-order chi connectivity index (χ0) is 24.9. The van der Waals surface area contributed by atoms with Crippen molar-refractivity contribution in [1.29, 1.82) is 0 Å². The molecule has 1 N–H and O–H groups in total. The Bertz CT molecular complexity index is 999. The number of rotatable bonds is 7. The van der Waals surface area contributed by atoms with Gasteiger partial charge in [0.05, 0.1) is 0 Å². The van der Waals surface area contributed by atoms with Gasteiger partial charge in [-0.3, -0.25) is 4.79 Å². The molecule has 3 unspecified atom stereocenters. The molecule has 1 aliphatic carbocycles. The quantitative estimate of drug-likeness (QED) is 0.591. The van der Waals surface area contributed by atoms with Crippen molar-refractivity contribution in [3.05, 3.63) is 66.2 Å². The molecule has 0 bridgehead atoms. The largest absolute Gasteiger partial charge is 0.481 e. The summed E-state index contributed by atoms with van der Waals surface area (Å²) >= 11 is 0. The molecule has 1 saturated carbocycles. The third-order valence-corrected chi connectivity index (χ3v) is 8.34. The Labute approximate surface area is 215 Å². The monoisotopic (exact) mass is 489 g/mol. The van der Waals surface area contributed by atoms with Crippen molar-refractivity contribution >= 4 is 11.9 Å². The molecule has 2 aliphatic heterocycles. The van der Waals surface area contributed by atoms with Crippen LogP contribution in [0.4, 0.5) is 4.79 Å². The summed E-state index contributed by atoms with van der Waals surface area (Å²) in [5.41, 5.74) is 1.32. The van der Waals surface area contributed by atoms with Crippen molar-refractivity contribution in [2.75, 3.05) is 26.2 Å². The number of nitrogens with zero attached hydrogens (tertiary/aromatic N) is 2. The maximum absolute atomic E-state index is 13.1. The number of carbonyl (C=O) groups is 2. The molecule has 3 atom stereocenters. The van der Waals surface area contributed by atoms with Crippen LogP contribution in [0.2, 0.25) is 0 Å². The van der Waals surface area contributed by atoms with E-state index in [4.69, 9.17) is 4.74 Å². The first-order chi connectivity index (χ1) is 17.6. The minimum Gasteiger partial charge on any atom is -0.481 e. The summed E-state index contributed by atoms with van der Waals surface area (Å²) in [5.74, 6) is 2.61. The maximum Gasteiger partial charge on any atom is 0.317 e. The predicted molar refractivity (Wildman–Crippen MR) is 141 cm³/mol. The van der Waals surface area contributed by atoms with Gasteiger partial charge in [-0.25, -0.2) is 4.79 Å². The minimum atomic E-state index is -0.418. The van der Waals surface area contributed by atoms with E-state index in [0.717, 1.165) is 64.0 Å². The van der Waals surface area contributed by atoms with E-state index in [-0.39, 0.29) is 18.0 Å². The van der Waals surface area contributed by atoms with E-state index in [0.29, 0.717) is 24.2 Å². The molecule has 2 aromatic rings. The number of hydrogen-bond donors (Lipinski definition) is 1. The lowest BCUT2D eigenvalue weighted by Crippen LogP contribution is -2.49. The SMILES string of the molecule is CCC(Oc1ccccc1)C(=O)N1CCC(C2CCN(C(=O)NC3CC3c3ccccc3)CC2)CC1. The minimum absolute atomic E-state index is 0.0984. The van der Waals surface area contributed by atoms with Gasteiger partial charge < -0.3 is 19.9 Å². The number of hydrogen-bond acceptors (Lipinski definition) is 3. The molecule has 2 heterocycles. The average Bonchev–Trinajstić information content (AvgIpc) is 3.71. The second-order valence-corrected chi connectivity index (χ2v) is 10.6. The molecule has 3 amide bonds. The van der Waals surface area contributed by atoms with Crippen molar-refractivity contribution in [2.24, 2.45) is 11.8 Å². The van der Waals surface area contributed by atoms with Gasteiger partial charge >= 0.3 is 6.03 Å². The lowest BCUT2D eigenvalue weighted by molar-refractivity contribution is -0.140. The molecule has 0 aromatic heterocycles. The normalized spacial score (nSPS) is 23.7. The topological polar surface area (TPSA) is 61.9 Å². The highest BCUT2D eigenvalue weighted by Crippen LogP contribution is 2.41. The third kappa shape index (κ3) is 5.85. The molecule has 3 fully saturated rings. The van der Waals surface area contributed by atoms with Crippen LogP contribution in [0.25, 0.3) is 0 Å². The molecule has 0 radical (unpaired) electrons. The second-order valence-electron chi connectivity index (χ2n) is 10.6. The summed E-state index contributed by atoms with van der Waals surface area (Å²) < 4.78 is 5.98. The Kier molecular flexibility index (Phi) is 7.78. The number of benzene rings is 2. The smallest absolute Gasteiger partial charge is 0.317 e. The summed E-state index contributed by atoms with van der Waals surface area (Å²) in [6.07, 6.45) is 5.51. The predicted octanol–water partition coefficient (Wildman–Crippen LogP) is 5.06. The third-order valence-electron chi connectivity index (χ3n) is 8.34. The number of carbonyl (C=O) groups excluding carboxylic acids is 2. The number of amides is 3. The van der Waals surface area contributed by atoms with Gasteiger partial charge in [0.25, 0.3) is 5.91 Å². The van der Waals surface area contributed by atoms with E-state index in [1.165, 1.54) is 5.56 Å². The first-order valence-corrected chi connectivity index (χ1v) is 13.7. The average molecular weight is 490 g/mol. The first-order valence-electron chi connectivity index (χ1n) is 13.7. The molecule has 6 heteroatoms.